The second kappa shape index (κ2) is 7.59. The van der Waals surface area contributed by atoms with Crippen molar-refractivity contribution in [2.45, 2.75) is 30.7 Å². The molecule has 0 saturated carbocycles. The molecule has 2 aromatic rings. The van der Waals surface area contributed by atoms with Crippen LogP contribution in [0.3, 0.4) is 0 Å². The Balaban J connectivity index is 1.25. The van der Waals surface area contributed by atoms with Crippen molar-refractivity contribution < 1.29 is 17.9 Å². The van der Waals surface area contributed by atoms with Crippen LogP contribution in [0.25, 0.3) is 0 Å². The minimum atomic E-state index is -3.58. The number of fused-ring (bicyclic) bond motifs is 1. The molecule has 0 bridgehead atoms. The van der Waals surface area contributed by atoms with E-state index in [0.29, 0.717) is 43.7 Å². The van der Waals surface area contributed by atoms with Gasteiger partial charge in [-0.25, -0.2) is 8.42 Å². The zero-order valence-electron chi connectivity index (χ0n) is 16.9. The Bertz CT molecular complexity index is 1020. The Morgan fingerprint density at radius 3 is 2.37 bits per heavy atom. The summed E-state index contributed by atoms with van der Waals surface area (Å²) < 4.78 is 38.2. The van der Waals surface area contributed by atoms with Gasteiger partial charge >= 0.3 is 0 Å². The van der Waals surface area contributed by atoms with Gasteiger partial charge in [0.15, 0.2) is 23.1 Å². The molecule has 1 aromatic heterocycles. The molecule has 30 heavy (non-hydrogen) atoms. The summed E-state index contributed by atoms with van der Waals surface area (Å²) in [6.45, 7) is 5.27. The van der Waals surface area contributed by atoms with Gasteiger partial charge in [-0.1, -0.05) is 0 Å². The highest BCUT2D eigenvalue weighted by Gasteiger charge is 2.30. The molecule has 2 fully saturated rings. The molecule has 2 saturated heterocycles. The van der Waals surface area contributed by atoms with E-state index in [1.54, 1.807) is 12.1 Å². The zero-order valence-corrected chi connectivity index (χ0v) is 17.7. The average Bonchev–Trinajstić information content (AvgIpc) is 3.42. The Kier molecular flexibility index (Phi) is 4.90. The van der Waals surface area contributed by atoms with E-state index in [-0.39, 0.29) is 11.7 Å². The number of hydrogen-bond donors (Lipinski definition) is 0. The summed E-state index contributed by atoms with van der Waals surface area (Å²) in [6, 6.07) is 9.24. The summed E-state index contributed by atoms with van der Waals surface area (Å²) in [5.41, 5.74) is 0. The topological polar surface area (TPSA) is 88.1 Å². The smallest absolute Gasteiger partial charge is 0.243 e. The van der Waals surface area contributed by atoms with E-state index >= 15 is 0 Å². The van der Waals surface area contributed by atoms with Gasteiger partial charge in [0, 0.05) is 44.8 Å². The lowest BCUT2D eigenvalue weighted by atomic mass is 10.2. The Morgan fingerprint density at radius 1 is 0.933 bits per heavy atom. The molecule has 10 heteroatoms. The first kappa shape index (κ1) is 19.4. The molecule has 0 radical (unpaired) electrons. The van der Waals surface area contributed by atoms with Gasteiger partial charge in [0.25, 0.3) is 0 Å². The molecular formula is C20H25N5O4S. The standard InChI is InChI=1S/C20H25N5O4S/c1-15-3-2-8-25(15)20-7-6-19(21-22-20)23-9-11-24(12-10-23)30(26,27)16-4-5-17-18(13-16)29-14-28-17/h4-7,13,15H,2-3,8-12,14H2,1H3/t15-/m0/s1. The van der Waals surface area contributed by atoms with Gasteiger partial charge in [-0.05, 0) is 44.0 Å². The van der Waals surface area contributed by atoms with Gasteiger partial charge in [0.2, 0.25) is 16.8 Å². The fraction of sp³-hybridized carbons (Fsp3) is 0.500. The summed E-state index contributed by atoms with van der Waals surface area (Å²) in [4.78, 5) is 4.59. The molecule has 0 aliphatic carbocycles. The molecular weight excluding hydrogens is 406 g/mol. The molecule has 5 rings (SSSR count). The van der Waals surface area contributed by atoms with Gasteiger partial charge in [0.1, 0.15) is 0 Å². The van der Waals surface area contributed by atoms with Crippen molar-refractivity contribution in [3.8, 4) is 11.5 Å². The second-order valence-electron chi connectivity index (χ2n) is 7.84. The van der Waals surface area contributed by atoms with Gasteiger partial charge in [0.05, 0.1) is 4.90 Å². The monoisotopic (exact) mass is 431 g/mol. The maximum absolute atomic E-state index is 13.0. The van der Waals surface area contributed by atoms with Crippen molar-refractivity contribution in [3.63, 3.8) is 0 Å². The van der Waals surface area contributed by atoms with E-state index in [1.165, 1.54) is 23.2 Å². The normalized spacial score (nSPS) is 22.0. The predicted molar refractivity (Wildman–Crippen MR) is 112 cm³/mol. The maximum atomic E-state index is 13.0. The summed E-state index contributed by atoms with van der Waals surface area (Å²) in [5.74, 6) is 2.74. The minimum Gasteiger partial charge on any atom is -0.454 e. The largest absolute Gasteiger partial charge is 0.454 e. The number of rotatable bonds is 4. The molecule has 0 spiro atoms. The summed E-state index contributed by atoms with van der Waals surface area (Å²) in [6.07, 6.45) is 2.37. The molecule has 1 atom stereocenters. The van der Waals surface area contributed by atoms with Crippen LogP contribution >= 0.6 is 0 Å². The van der Waals surface area contributed by atoms with E-state index in [4.69, 9.17) is 9.47 Å². The number of anilines is 2. The van der Waals surface area contributed by atoms with Crippen LogP contribution in [0.1, 0.15) is 19.8 Å². The van der Waals surface area contributed by atoms with Crippen LogP contribution in [-0.4, -0.2) is 68.5 Å². The number of hydrogen-bond acceptors (Lipinski definition) is 8. The number of ether oxygens (including phenoxy) is 2. The molecule has 3 aliphatic heterocycles. The average molecular weight is 432 g/mol. The SMILES string of the molecule is C[C@H]1CCCN1c1ccc(N2CCN(S(=O)(=O)c3ccc4c(c3)OCO4)CC2)nn1. The van der Waals surface area contributed by atoms with Crippen molar-refractivity contribution in [3.05, 3.63) is 30.3 Å². The molecule has 0 unspecified atom stereocenters. The molecule has 0 amide bonds. The quantitative estimate of drug-likeness (QED) is 0.723. The lowest BCUT2D eigenvalue weighted by Crippen LogP contribution is -2.49. The highest BCUT2D eigenvalue weighted by molar-refractivity contribution is 7.89. The Labute approximate surface area is 176 Å². The molecule has 3 aliphatic rings. The van der Waals surface area contributed by atoms with Crippen LogP contribution in [-0.2, 0) is 10.0 Å². The third-order valence-corrected chi connectivity index (χ3v) is 7.92. The fourth-order valence-corrected chi connectivity index (χ4v) is 5.70. The van der Waals surface area contributed by atoms with Crippen LogP contribution in [0, 0.1) is 0 Å². The molecule has 0 N–H and O–H groups in total. The Hall–Kier alpha value is -2.59. The highest BCUT2D eigenvalue weighted by atomic mass is 32.2. The third-order valence-electron chi connectivity index (χ3n) is 6.03. The van der Waals surface area contributed by atoms with Crippen LogP contribution in [0.4, 0.5) is 11.6 Å². The van der Waals surface area contributed by atoms with Gasteiger partial charge in [-0.2, -0.15) is 4.31 Å². The van der Waals surface area contributed by atoms with Crippen LogP contribution < -0.4 is 19.3 Å². The summed E-state index contributed by atoms with van der Waals surface area (Å²) in [5, 5.41) is 8.81. The third kappa shape index (κ3) is 3.43. The van der Waals surface area contributed by atoms with Crippen LogP contribution in [0.2, 0.25) is 0 Å². The number of benzene rings is 1. The van der Waals surface area contributed by atoms with Crippen molar-refractivity contribution in [2.75, 3.05) is 49.3 Å². The van der Waals surface area contributed by atoms with E-state index in [2.05, 4.69) is 26.9 Å². The maximum Gasteiger partial charge on any atom is 0.243 e. The van der Waals surface area contributed by atoms with E-state index in [9.17, 15) is 8.42 Å². The van der Waals surface area contributed by atoms with Crippen LogP contribution in [0.15, 0.2) is 35.2 Å². The van der Waals surface area contributed by atoms with E-state index in [1.807, 2.05) is 12.1 Å². The van der Waals surface area contributed by atoms with Gasteiger partial charge in [-0.3, -0.25) is 0 Å². The Morgan fingerprint density at radius 2 is 1.67 bits per heavy atom. The van der Waals surface area contributed by atoms with Gasteiger partial charge in [-0.15, -0.1) is 10.2 Å². The zero-order chi connectivity index (χ0) is 20.7. The van der Waals surface area contributed by atoms with Crippen LogP contribution in [0.5, 0.6) is 11.5 Å². The first-order valence-corrected chi connectivity index (χ1v) is 11.7. The van der Waals surface area contributed by atoms with Crippen molar-refractivity contribution in [1.82, 2.24) is 14.5 Å². The molecule has 4 heterocycles. The molecule has 160 valence electrons. The number of sulfonamides is 1. The highest BCUT2D eigenvalue weighted by Crippen LogP contribution is 2.35. The second-order valence-corrected chi connectivity index (χ2v) is 9.78. The van der Waals surface area contributed by atoms with Crippen molar-refractivity contribution in [2.24, 2.45) is 0 Å². The van der Waals surface area contributed by atoms with E-state index in [0.717, 1.165) is 18.2 Å². The van der Waals surface area contributed by atoms with Gasteiger partial charge < -0.3 is 19.3 Å². The lowest BCUT2D eigenvalue weighted by molar-refractivity contribution is 0.174. The number of aromatic nitrogens is 2. The van der Waals surface area contributed by atoms with Crippen molar-refractivity contribution >= 4 is 21.7 Å². The lowest BCUT2D eigenvalue weighted by Gasteiger charge is -2.34. The summed E-state index contributed by atoms with van der Waals surface area (Å²) >= 11 is 0. The fourth-order valence-electron chi connectivity index (χ4n) is 4.26. The molecule has 1 aromatic carbocycles. The predicted octanol–water partition coefficient (Wildman–Crippen LogP) is 1.70. The number of nitrogens with zero attached hydrogens (tertiary/aromatic N) is 5. The number of piperazine rings is 1. The first-order chi connectivity index (χ1) is 14.5. The summed E-state index contributed by atoms with van der Waals surface area (Å²) in [7, 11) is -3.58. The first-order valence-electron chi connectivity index (χ1n) is 10.3. The van der Waals surface area contributed by atoms with E-state index < -0.39 is 10.0 Å². The molecule has 9 nitrogen and oxygen atoms in total. The minimum absolute atomic E-state index is 0.119. The van der Waals surface area contributed by atoms with Crippen molar-refractivity contribution in [1.29, 1.82) is 0 Å².